The standard InChI is InChI=1S/C19H19NO/c1-14(20-18-9-5-6-10-19(18)21-2)16-12-11-15-7-3-4-8-17(15)13-16/h3-14,20H,1-2H3/t14-/m0/s1. The summed E-state index contributed by atoms with van der Waals surface area (Å²) < 4.78 is 5.39. The van der Waals surface area contributed by atoms with Gasteiger partial charge in [-0.25, -0.2) is 0 Å². The van der Waals surface area contributed by atoms with Gasteiger partial charge in [-0.1, -0.05) is 48.5 Å². The zero-order valence-corrected chi connectivity index (χ0v) is 12.3. The summed E-state index contributed by atoms with van der Waals surface area (Å²) in [6.07, 6.45) is 0. The van der Waals surface area contributed by atoms with Crippen LogP contribution in [0.25, 0.3) is 10.8 Å². The molecule has 1 atom stereocenters. The highest BCUT2D eigenvalue weighted by Crippen LogP contribution is 2.28. The fourth-order valence-corrected chi connectivity index (χ4v) is 2.56. The third-order valence-corrected chi connectivity index (χ3v) is 3.75. The van der Waals surface area contributed by atoms with Crippen LogP contribution >= 0.6 is 0 Å². The lowest BCUT2D eigenvalue weighted by molar-refractivity contribution is 0.416. The van der Waals surface area contributed by atoms with E-state index in [-0.39, 0.29) is 6.04 Å². The lowest BCUT2D eigenvalue weighted by atomic mass is 10.0. The molecule has 2 heteroatoms. The van der Waals surface area contributed by atoms with Crippen LogP contribution < -0.4 is 10.1 Å². The summed E-state index contributed by atoms with van der Waals surface area (Å²) >= 11 is 0. The van der Waals surface area contributed by atoms with Crippen molar-refractivity contribution in [3.63, 3.8) is 0 Å². The molecule has 21 heavy (non-hydrogen) atoms. The van der Waals surface area contributed by atoms with Crippen molar-refractivity contribution in [3.8, 4) is 5.75 Å². The van der Waals surface area contributed by atoms with E-state index in [0.717, 1.165) is 11.4 Å². The molecular formula is C19H19NO. The Kier molecular flexibility index (Phi) is 3.78. The normalized spacial score (nSPS) is 12.1. The van der Waals surface area contributed by atoms with Crippen LogP contribution in [0.5, 0.6) is 5.75 Å². The summed E-state index contributed by atoms with van der Waals surface area (Å²) in [6, 6.07) is 23.2. The Labute approximate surface area is 125 Å². The average molecular weight is 277 g/mol. The van der Waals surface area contributed by atoms with Crippen LogP contribution in [0.2, 0.25) is 0 Å². The van der Waals surface area contributed by atoms with Gasteiger partial charge in [0.25, 0.3) is 0 Å². The number of nitrogens with one attached hydrogen (secondary N) is 1. The lowest BCUT2D eigenvalue weighted by Crippen LogP contribution is -2.07. The van der Waals surface area contributed by atoms with Gasteiger partial charge in [0.2, 0.25) is 0 Å². The smallest absolute Gasteiger partial charge is 0.141 e. The van der Waals surface area contributed by atoms with Crippen LogP contribution in [0, 0.1) is 0 Å². The summed E-state index contributed by atoms with van der Waals surface area (Å²) in [4.78, 5) is 0. The van der Waals surface area contributed by atoms with Crippen LogP contribution in [0.1, 0.15) is 18.5 Å². The zero-order chi connectivity index (χ0) is 14.7. The molecule has 0 heterocycles. The number of ether oxygens (including phenoxy) is 1. The van der Waals surface area contributed by atoms with Crippen LogP contribution in [-0.2, 0) is 0 Å². The Morgan fingerprint density at radius 3 is 2.38 bits per heavy atom. The lowest BCUT2D eigenvalue weighted by Gasteiger charge is -2.18. The number of hydrogen-bond acceptors (Lipinski definition) is 2. The maximum atomic E-state index is 5.39. The predicted octanol–water partition coefficient (Wildman–Crippen LogP) is 5.02. The molecule has 0 radical (unpaired) electrons. The van der Waals surface area contributed by atoms with Gasteiger partial charge in [0.15, 0.2) is 0 Å². The van der Waals surface area contributed by atoms with Gasteiger partial charge in [-0.05, 0) is 41.5 Å². The van der Waals surface area contributed by atoms with Gasteiger partial charge in [-0.3, -0.25) is 0 Å². The molecule has 0 fully saturated rings. The van der Waals surface area contributed by atoms with Gasteiger partial charge in [0.05, 0.1) is 12.8 Å². The highest BCUT2D eigenvalue weighted by Gasteiger charge is 2.09. The third-order valence-electron chi connectivity index (χ3n) is 3.75. The largest absolute Gasteiger partial charge is 0.495 e. The molecule has 0 bridgehead atoms. The quantitative estimate of drug-likeness (QED) is 0.723. The first-order valence-corrected chi connectivity index (χ1v) is 7.16. The Morgan fingerprint density at radius 2 is 1.57 bits per heavy atom. The van der Waals surface area contributed by atoms with E-state index in [2.05, 4.69) is 54.7 Å². The number of rotatable bonds is 4. The van der Waals surface area contributed by atoms with Crippen molar-refractivity contribution in [2.24, 2.45) is 0 Å². The number of anilines is 1. The highest BCUT2D eigenvalue weighted by atomic mass is 16.5. The highest BCUT2D eigenvalue weighted by molar-refractivity contribution is 5.83. The molecule has 0 aliphatic heterocycles. The van der Waals surface area contributed by atoms with Crippen molar-refractivity contribution in [1.29, 1.82) is 0 Å². The molecule has 0 aliphatic carbocycles. The summed E-state index contributed by atoms with van der Waals surface area (Å²) in [5, 5.41) is 6.05. The molecule has 0 amide bonds. The van der Waals surface area contributed by atoms with E-state index < -0.39 is 0 Å². The summed E-state index contributed by atoms with van der Waals surface area (Å²) in [5.41, 5.74) is 2.28. The SMILES string of the molecule is COc1ccccc1N[C@@H](C)c1ccc2ccccc2c1. The Balaban J connectivity index is 1.88. The van der Waals surface area contributed by atoms with Crippen LogP contribution in [0.4, 0.5) is 5.69 Å². The fraction of sp³-hybridized carbons (Fsp3) is 0.158. The molecule has 0 saturated heterocycles. The number of fused-ring (bicyclic) bond motifs is 1. The Morgan fingerprint density at radius 1 is 0.857 bits per heavy atom. The van der Waals surface area contributed by atoms with Crippen molar-refractivity contribution in [1.82, 2.24) is 0 Å². The molecule has 106 valence electrons. The van der Waals surface area contributed by atoms with Crippen molar-refractivity contribution in [2.45, 2.75) is 13.0 Å². The third kappa shape index (κ3) is 2.84. The second kappa shape index (κ2) is 5.88. The molecule has 0 aromatic heterocycles. The fourth-order valence-electron chi connectivity index (χ4n) is 2.56. The van der Waals surface area contributed by atoms with Crippen molar-refractivity contribution in [3.05, 3.63) is 72.3 Å². The molecule has 2 nitrogen and oxygen atoms in total. The van der Waals surface area contributed by atoms with E-state index in [0.29, 0.717) is 0 Å². The average Bonchev–Trinajstić information content (AvgIpc) is 2.55. The van der Waals surface area contributed by atoms with Crippen LogP contribution in [0.15, 0.2) is 66.7 Å². The minimum absolute atomic E-state index is 0.214. The first-order chi connectivity index (χ1) is 10.3. The molecule has 0 unspecified atom stereocenters. The molecule has 0 saturated carbocycles. The van der Waals surface area contributed by atoms with E-state index >= 15 is 0 Å². The maximum Gasteiger partial charge on any atom is 0.141 e. The molecule has 3 aromatic rings. The van der Waals surface area contributed by atoms with Gasteiger partial charge < -0.3 is 10.1 Å². The minimum atomic E-state index is 0.214. The summed E-state index contributed by atoms with van der Waals surface area (Å²) in [5.74, 6) is 0.866. The van der Waals surface area contributed by atoms with E-state index in [1.54, 1.807) is 7.11 Å². The van der Waals surface area contributed by atoms with Gasteiger partial charge in [-0.15, -0.1) is 0 Å². The number of hydrogen-bond donors (Lipinski definition) is 1. The molecular weight excluding hydrogens is 258 g/mol. The molecule has 1 N–H and O–H groups in total. The van der Waals surface area contributed by atoms with E-state index in [9.17, 15) is 0 Å². The van der Waals surface area contributed by atoms with Crippen molar-refractivity contribution < 1.29 is 4.74 Å². The molecule has 0 aliphatic rings. The van der Waals surface area contributed by atoms with Crippen molar-refractivity contribution >= 4 is 16.5 Å². The molecule has 0 spiro atoms. The second-order valence-electron chi connectivity index (χ2n) is 5.17. The Bertz CT molecular complexity index is 751. The second-order valence-corrected chi connectivity index (χ2v) is 5.17. The molecule has 3 rings (SSSR count). The monoisotopic (exact) mass is 277 g/mol. The van der Waals surface area contributed by atoms with Gasteiger partial charge >= 0.3 is 0 Å². The van der Waals surface area contributed by atoms with Crippen LogP contribution in [-0.4, -0.2) is 7.11 Å². The van der Waals surface area contributed by atoms with E-state index in [1.165, 1.54) is 16.3 Å². The minimum Gasteiger partial charge on any atom is -0.495 e. The number of benzene rings is 3. The van der Waals surface area contributed by atoms with Crippen LogP contribution in [0.3, 0.4) is 0 Å². The van der Waals surface area contributed by atoms with Gasteiger partial charge in [-0.2, -0.15) is 0 Å². The zero-order valence-electron chi connectivity index (χ0n) is 12.3. The maximum absolute atomic E-state index is 5.39. The predicted molar refractivity (Wildman–Crippen MR) is 89.0 cm³/mol. The molecule has 3 aromatic carbocycles. The first-order valence-electron chi connectivity index (χ1n) is 7.16. The summed E-state index contributed by atoms with van der Waals surface area (Å²) in [6.45, 7) is 2.16. The van der Waals surface area contributed by atoms with E-state index in [1.807, 2.05) is 24.3 Å². The number of methoxy groups -OCH3 is 1. The first kappa shape index (κ1) is 13.5. The number of para-hydroxylation sites is 2. The summed E-state index contributed by atoms with van der Waals surface area (Å²) in [7, 11) is 1.70. The topological polar surface area (TPSA) is 21.3 Å². The van der Waals surface area contributed by atoms with Gasteiger partial charge in [0, 0.05) is 6.04 Å². The van der Waals surface area contributed by atoms with Crippen molar-refractivity contribution in [2.75, 3.05) is 12.4 Å². The van der Waals surface area contributed by atoms with E-state index in [4.69, 9.17) is 4.74 Å². The van der Waals surface area contributed by atoms with Gasteiger partial charge in [0.1, 0.15) is 5.75 Å². The Hall–Kier alpha value is -2.48.